The summed E-state index contributed by atoms with van der Waals surface area (Å²) in [7, 11) is 0. The number of nitrogens with zero attached hydrogens (tertiary/aromatic N) is 3. The first-order valence-electron chi connectivity index (χ1n) is 18.5. The highest BCUT2D eigenvalue weighted by molar-refractivity contribution is 7.21. The molecule has 0 atom stereocenters. The highest BCUT2D eigenvalue weighted by Crippen LogP contribution is 2.45. The molecule has 2 aromatic heterocycles. The Morgan fingerprint density at radius 1 is 0.429 bits per heavy atom. The molecule has 4 nitrogen and oxygen atoms in total. The van der Waals surface area contributed by atoms with Gasteiger partial charge in [-0.3, -0.25) is 0 Å². The van der Waals surface area contributed by atoms with Crippen molar-refractivity contribution in [1.82, 2.24) is 9.97 Å². The number of hydrogen-bond donors (Lipinski definition) is 0. The van der Waals surface area contributed by atoms with E-state index in [1.165, 1.54) is 31.0 Å². The van der Waals surface area contributed by atoms with Crippen LogP contribution in [-0.2, 0) is 0 Å². The smallest absolute Gasteiger partial charge is 0.227 e. The van der Waals surface area contributed by atoms with Gasteiger partial charge in [0.25, 0.3) is 0 Å². The van der Waals surface area contributed by atoms with Gasteiger partial charge in [-0.25, -0.2) is 9.97 Å². The first-order chi connectivity index (χ1) is 27.7. The lowest BCUT2D eigenvalue weighted by Crippen LogP contribution is -2.11. The molecule has 11 rings (SSSR count). The van der Waals surface area contributed by atoms with Crippen molar-refractivity contribution >= 4 is 71.8 Å². The second-order valence-electron chi connectivity index (χ2n) is 13.8. The number of anilines is 3. The van der Waals surface area contributed by atoms with Gasteiger partial charge in [0, 0.05) is 37.8 Å². The Morgan fingerprint density at radius 3 is 2.02 bits per heavy atom. The molecule has 0 amide bonds. The van der Waals surface area contributed by atoms with Gasteiger partial charge in [-0.05, 0) is 125 Å². The molecule has 0 spiro atoms. The van der Waals surface area contributed by atoms with Crippen LogP contribution in [0.4, 0.5) is 17.1 Å². The van der Waals surface area contributed by atoms with Crippen LogP contribution < -0.4 is 4.90 Å². The Morgan fingerprint density at radius 2 is 1.14 bits per heavy atom. The molecule has 3 heterocycles. The van der Waals surface area contributed by atoms with Crippen molar-refractivity contribution in [3.63, 3.8) is 0 Å². The van der Waals surface area contributed by atoms with E-state index in [-0.39, 0.29) is 0 Å². The zero-order chi connectivity index (χ0) is 37.0. The maximum Gasteiger partial charge on any atom is 0.227 e. The van der Waals surface area contributed by atoms with E-state index in [4.69, 9.17) is 14.4 Å². The molecule has 0 bridgehead atoms. The minimum atomic E-state index is 0.630. The molecule has 0 saturated heterocycles. The molecule has 0 N–H and O–H groups in total. The van der Waals surface area contributed by atoms with Crippen LogP contribution in [0.3, 0.4) is 0 Å². The Hall–Kier alpha value is -6.86. The highest BCUT2D eigenvalue weighted by Gasteiger charge is 2.20. The van der Waals surface area contributed by atoms with Crippen molar-refractivity contribution in [1.29, 1.82) is 0 Å². The quantitative estimate of drug-likeness (QED) is 0.163. The fraction of sp³-hybridized carbons (Fsp3) is 0. The molecule has 0 unspecified atom stereocenters. The summed E-state index contributed by atoms with van der Waals surface area (Å²) in [5.74, 6) is 0.630. The Labute approximate surface area is 331 Å². The minimum Gasteiger partial charge on any atom is -0.436 e. The molecule has 2 aliphatic rings. The summed E-state index contributed by atoms with van der Waals surface area (Å²) in [6.45, 7) is 0. The van der Waals surface area contributed by atoms with Gasteiger partial charge in [-0.2, -0.15) is 0 Å². The number of rotatable bonds is 7. The Balaban J connectivity index is 1.00. The van der Waals surface area contributed by atoms with E-state index < -0.39 is 0 Å². The first kappa shape index (κ1) is 32.6. The summed E-state index contributed by atoms with van der Waals surface area (Å²) < 4.78 is 7.24. The third kappa shape index (κ3) is 5.84. The monoisotopic (exact) mass is 753 g/mol. The van der Waals surface area contributed by atoms with Crippen LogP contribution in [-0.4, -0.2) is 9.97 Å². The SMILES string of the molecule is c1cc2ccc(-c3ccccc3N(c3ccc(-c4nc5ccccc5s4)cc3)c3ccc4ccc(-c5ccc(-c6nc7ccccc7o6)cc5)cc4c3)sc-2c1. The molecule has 6 heteroatoms. The molecule has 56 heavy (non-hydrogen) atoms. The van der Waals surface area contributed by atoms with Crippen molar-refractivity contribution in [2.24, 2.45) is 0 Å². The summed E-state index contributed by atoms with van der Waals surface area (Å²) in [5.41, 5.74) is 12.8. The summed E-state index contributed by atoms with van der Waals surface area (Å²) in [6, 6.07) is 66.7. The van der Waals surface area contributed by atoms with Crippen LogP contribution in [0.1, 0.15) is 0 Å². The van der Waals surface area contributed by atoms with E-state index >= 15 is 0 Å². The van der Waals surface area contributed by atoms with Crippen LogP contribution in [0.25, 0.3) is 86.1 Å². The lowest BCUT2D eigenvalue weighted by Gasteiger charge is -2.28. The second-order valence-corrected chi connectivity index (χ2v) is 16.0. The molecule has 1 aliphatic heterocycles. The van der Waals surface area contributed by atoms with Gasteiger partial charge in [0.2, 0.25) is 5.89 Å². The van der Waals surface area contributed by atoms with Crippen molar-refractivity contribution in [3.05, 3.63) is 188 Å². The predicted octanol–water partition coefficient (Wildman–Crippen LogP) is 14.9. The third-order valence-corrected chi connectivity index (χ3v) is 12.6. The molecule has 0 saturated carbocycles. The fourth-order valence-electron chi connectivity index (χ4n) is 7.52. The van der Waals surface area contributed by atoms with Crippen molar-refractivity contribution in [2.75, 3.05) is 4.90 Å². The average molecular weight is 754 g/mol. The standard InChI is InChI=1S/C50H31N3OS2/c1-4-12-44(41(9-1)47-29-25-34-8-7-15-46(34)55-47)53(39-26-23-36(24-27-39)50-52-43-11-3-6-14-48(43)56-50)40-28-22-33-18-21-37(30-38(33)31-40)32-16-19-35(20-17-32)49-51-42-10-2-5-13-45(42)54-49/h1-31H. The van der Waals surface area contributed by atoms with Gasteiger partial charge < -0.3 is 9.32 Å². The number of fused-ring (bicyclic) bond motifs is 4. The van der Waals surface area contributed by atoms with Crippen molar-refractivity contribution in [3.8, 4) is 54.0 Å². The molecule has 9 aromatic rings. The third-order valence-electron chi connectivity index (χ3n) is 10.4. The molecule has 0 fully saturated rings. The maximum absolute atomic E-state index is 6.04. The van der Waals surface area contributed by atoms with Crippen molar-refractivity contribution < 1.29 is 4.42 Å². The number of benzene rings is 7. The van der Waals surface area contributed by atoms with E-state index in [2.05, 4.69) is 163 Å². The molecular formula is C50H31N3OS2. The first-order valence-corrected chi connectivity index (χ1v) is 20.2. The Kier molecular flexibility index (Phi) is 7.83. The Bertz CT molecular complexity index is 3090. The van der Waals surface area contributed by atoms with E-state index in [9.17, 15) is 0 Å². The fourth-order valence-corrected chi connectivity index (χ4v) is 9.54. The predicted molar refractivity (Wildman–Crippen MR) is 236 cm³/mol. The van der Waals surface area contributed by atoms with Gasteiger partial charge >= 0.3 is 0 Å². The van der Waals surface area contributed by atoms with Gasteiger partial charge in [0.1, 0.15) is 10.5 Å². The van der Waals surface area contributed by atoms with Gasteiger partial charge in [0.15, 0.2) is 5.58 Å². The van der Waals surface area contributed by atoms with Gasteiger partial charge in [-0.1, -0.05) is 91.0 Å². The number of hydrogen-bond acceptors (Lipinski definition) is 6. The number of oxazole rings is 1. The van der Waals surface area contributed by atoms with Crippen LogP contribution in [0.2, 0.25) is 0 Å². The minimum absolute atomic E-state index is 0.630. The molecule has 0 radical (unpaired) electrons. The van der Waals surface area contributed by atoms with E-state index in [0.29, 0.717) is 5.89 Å². The van der Waals surface area contributed by atoms with Crippen molar-refractivity contribution in [2.45, 2.75) is 0 Å². The molecule has 264 valence electrons. The topological polar surface area (TPSA) is 42.2 Å². The highest BCUT2D eigenvalue weighted by atomic mass is 32.1. The normalized spacial score (nSPS) is 11.6. The van der Waals surface area contributed by atoms with Crippen LogP contribution in [0.5, 0.6) is 0 Å². The van der Waals surface area contributed by atoms with Gasteiger partial charge in [-0.15, -0.1) is 22.7 Å². The van der Waals surface area contributed by atoms with E-state index in [1.54, 1.807) is 11.3 Å². The van der Waals surface area contributed by atoms with Crippen LogP contribution >= 0.6 is 22.7 Å². The lowest BCUT2D eigenvalue weighted by atomic mass is 9.99. The summed E-state index contributed by atoms with van der Waals surface area (Å²) in [4.78, 5) is 14.5. The maximum atomic E-state index is 6.04. The summed E-state index contributed by atoms with van der Waals surface area (Å²) in [6.07, 6.45) is 0. The number of aromatic nitrogens is 2. The number of para-hydroxylation sites is 4. The zero-order valence-electron chi connectivity index (χ0n) is 30.0. The largest absolute Gasteiger partial charge is 0.436 e. The van der Waals surface area contributed by atoms with Gasteiger partial charge in [0.05, 0.1) is 15.9 Å². The molecule has 7 aromatic carbocycles. The van der Waals surface area contributed by atoms with Crippen LogP contribution in [0.15, 0.2) is 192 Å². The summed E-state index contributed by atoms with van der Waals surface area (Å²) >= 11 is 3.56. The lowest BCUT2D eigenvalue weighted by molar-refractivity contribution is 0.620. The number of thiazole rings is 1. The zero-order valence-corrected chi connectivity index (χ0v) is 31.6. The van der Waals surface area contributed by atoms with E-state index in [0.717, 1.165) is 66.3 Å². The second kappa shape index (κ2) is 13.5. The van der Waals surface area contributed by atoms with Crippen LogP contribution in [0, 0.1) is 0 Å². The summed E-state index contributed by atoms with van der Waals surface area (Å²) in [5, 5.41) is 3.37. The average Bonchev–Trinajstić information content (AvgIpc) is 4.03. The molecule has 1 aliphatic carbocycles. The molecular weight excluding hydrogens is 723 g/mol. The van der Waals surface area contributed by atoms with E-state index in [1.807, 2.05) is 41.7 Å².